The third-order valence-corrected chi connectivity index (χ3v) is 2.97. The van der Waals surface area contributed by atoms with E-state index in [1.165, 1.54) is 18.2 Å². The lowest BCUT2D eigenvalue weighted by Gasteiger charge is -2.08. The van der Waals surface area contributed by atoms with Crippen molar-refractivity contribution in [3.63, 3.8) is 0 Å². The molecular weight excluding hydrogens is 275 g/mol. The molecule has 6 heteroatoms. The molecule has 0 fully saturated rings. The van der Waals surface area contributed by atoms with E-state index < -0.39 is 11.8 Å². The number of carbonyl (C=O) groups is 2. The lowest BCUT2D eigenvalue weighted by Crippen LogP contribution is -2.19. The first-order valence-electron chi connectivity index (χ1n) is 6.27. The average molecular weight is 286 g/mol. The Morgan fingerprint density at radius 3 is 2.62 bits per heavy atom. The Morgan fingerprint density at radius 2 is 1.86 bits per heavy atom. The molecule has 21 heavy (non-hydrogen) atoms. The molecule has 1 heterocycles. The van der Waals surface area contributed by atoms with Gasteiger partial charge in [-0.25, -0.2) is 9.18 Å². The normalized spacial score (nSPS) is 12.5. The first-order valence-corrected chi connectivity index (χ1v) is 6.27. The molecule has 1 aliphatic rings. The van der Waals surface area contributed by atoms with Gasteiger partial charge in [-0.3, -0.25) is 4.79 Å². The molecule has 5 nitrogen and oxygen atoms in total. The van der Waals surface area contributed by atoms with Gasteiger partial charge in [0.1, 0.15) is 11.6 Å². The molecule has 0 bridgehead atoms. The van der Waals surface area contributed by atoms with Crippen LogP contribution < -0.4 is 15.4 Å². The highest BCUT2D eigenvalue weighted by Gasteiger charge is 2.20. The van der Waals surface area contributed by atoms with Gasteiger partial charge in [0, 0.05) is 23.0 Å². The standard InChI is InChI=1S/C15H11FN2O3/c16-10-2-1-3-11(7-10)17-15(20)18-12-5-4-9-6-14(19)21-13(9)8-12/h1-5,7-8H,6H2,(H2,17,18,20). The van der Waals surface area contributed by atoms with Crippen LogP contribution in [0, 0.1) is 5.82 Å². The molecule has 0 radical (unpaired) electrons. The van der Waals surface area contributed by atoms with Crippen LogP contribution in [0.2, 0.25) is 0 Å². The van der Waals surface area contributed by atoms with E-state index in [4.69, 9.17) is 4.74 Å². The van der Waals surface area contributed by atoms with Gasteiger partial charge in [0.05, 0.1) is 6.42 Å². The van der Waals surface area contributed by atoms with Crippen molar-refractivity contribution in [2.75, 3.05) is 10.6 Å². The fourth-order valence-corrected chi connectivity index (χ4v) is 2.05. The minimum absolute atomic E-state index is 0.241. The maximum Gasteiger partial charge on any atom is 0.323 e. The molecule has 3 rings (SSSR count). The molecule has 106 valence electrons. The lowest BCUT2D eigenvalue weighted by atomic mass is 10.1. The highest BCUT2D eigenvalue weighted by Crippen LogP contribution is 2.29. The Bertz CT molecular complexity index is 731. The number of anilines is 2. The highest BCUT2D eigenvalue weighted by atomic mass is 19.1. The summed E-state index contributed by atoms with van der Waals surface area (Å²) in [6.45, 7) is 0. The van der Waals surface area contributed by atoms with Crippen molar-refractivity contribution in [2.45, 2.75) is 6.42 Å². The van der Waals surface area contributed by atoms with E-state index in [0.717, 1.165) is 5.56 Å². The number of rotatable bonds is 2. The maximum atomic E-state index is 13.0. The summed E-state index contributed by atoms with van der Waals surface area (Å²) < 4.78 is 18.0. The lowest BCUT2D eigenvalue weighted by molar-refractivity contribution is -0.131. The van der Waals surface area contributed by atoms with E-state index in [-0.39, 0.29) is 12.4 Å². The first kappa shape index (κ1) is 13.1. The monoisotopic (exact) mass is 286 g/mol. The smallest absolute Gasteiger partial charge is 0.323 e. The Balaban J connectivity index is 1.68. The predicted molar refractivity (Wildman–Crippen MR) is 74.8 cm³/mol. The molecule has 0 spiro atoms. The number of halogens is 1. The Morgan fingerprint density at radius 1 is 1.10 bits per heavy atom. The molecule has 0 saturated heterocycles. The zero-order valence-electron chi connectivity index (χ0n) is 10.9. The fraction of sp³-hybridized carbons (Fsp3) is 0.0667. The van der Waals surface area contributed by atoms with Gasteiger partial charge < -0.3 is 15.4 Å². The molecule has 0 atom stereocenters. The van der Waals surface area contributed by atoms with Gasteiger partial charge in [0.25, 0.3) is 0 Å². The summed E-state index contributed by atoms with van der Waals surface area (Å²) >= 11 is 0. The number of amides is 2. The van der Waals surface area contributed by atoms with Crippen LogP contribution >= 0.6 is 0 Å². The van der Waals surface area contributed by atoms with E-state index in [0.29, 0.717) is 17.1 Å². The van der Waals surface area contributed by atoms with Crippen LogP contribution in [0.3, 0.4) is 0 Å². The first-order chi connectivity index (χ1) is 10.1. The second kappa shape index (κ2) is 5.24. The summed E-state index contributed by atoms with van der Waals surface area (Å²) in [6.07, 6.45) is 0.241. The van der Waals surface area contributed by atoms with Crippen LogP contribution in [0.1, 0.15) is 5.56 Å². The van der Waals surface area contributed by atoms with Crippen molar-refractivity contribution >= 4 is 23.4 Å². The van der Waals surface area contributed by atoms with E-state index >= 15 is 0 Å². The summed E-state index contributed by atoms with van der Waals surface area (Å²) in [5, 5.41) is 5.10. The number of urea groups is 1. The number of fused-ring (bicyclic) bond motifs is 1. The van der Waals surface area contributed by atoms with E-state index in [1.54, 1.807) is 24.3 Å². The van der Waals surface area contributed by atoms with Crippen molar-refractivity contribution in [1.29, 1.82) is 0 Å². The van der Waals surface area contributed by atoms with Crippen molar-refractivity contribution in [3.8, 4) is 5.75 Å². The molecule has 2 amide bonds. The average Bonchev–Trinajstić information content (AvgIpc) is 2.78. The van der Waals surface area contributed by atoms with E-state index in [2.05, 4.69) is 10.6 Å². The summed E-state index contributed by atoms with van der Waals surface area (Å²) in [4.78, 5) is 23.0. The predicted octanol–water partition coefficient (Wildman–Crippen LogP) is 2.93. The van der Waals surface area contributed by atoms with Crippen LogP contribution in [-0.2, 0) is 11.2 Å². The second-order valence-electron chi connectivity index (χ2n) is 4.56. The number of benzene rings is 2. The van der Waals surface area contributed by atoms with Crippen molar-refractivity contribution in [3.05, 3.63) is 53.8 Å². The van der Waals surface area contributed by atoms with E-state index in [1.807, 2.05) is 0 Å². The van der Waals surface area contributed by atoms with Gasteiger partial charge in [-0.2, -0.15) is 0 Å². The molecule has 0 saturated carbocycles. The summed E-state index contributed by atoms with van der Waals surface area (Å²) in [5.41, 5.74) is 1.62. The number of carbonyl (C=O) groups excluding carboxylic acids is 2. The molecule has 0 aliphatic carbocycles. The van der Waals surface area contributed by atoms with Gasteiger partial charge in [0.2, 0.25) is 0 Å². The topological polar surface area (TPSA) is 67.4 Å². The van der Waals surface area contributed by atoms with Crippen molar-refractivity contribution in [2.24, 2.45) is 0 Å². The summed E-state index contributed by atoms with van der Waals surface area (Å²) in [6, 6.07) is 10.0. The van der Waals surface area contributed by atoms with Crippen LogP contribution in [0.4, 0.5) is 20.6 Å². The summed E-state index contributed by atoms with van der Waals surface area (Å²) in [5.74, 6) is -0.299. The SMILES string of the molecule is O=C(Nc1cccc(F)c1)Nc1ccc2c(c1)OC(=O)C2. The zero-order valence-corrected chi connectivity index (χ0v) is 10.9. The van der Waals surface area contributed by atoms with Crippen LogP contribution in [-0.4, -0.2) is 12.0 Å². The number of hydrogen-bond acceptors (Lipinski definition) is 3. The number of ether oxygens (including phenoxy) is 1. The highest BCUT2D eigenvalue weighted by molar-refractivity contribution is 6.00. The molecule has 1 aliphatic heterocycles. The second-order valence-corrected chi connectivity index (χ2v) is 4.56. The molecule has 0 unspecified atom stereocenters. The third-order valence-electron chi connectivity index (χ3n) is 2.97. The molecular formula is C15H11FN2O3. The van der Waals surface area contributed by atoms with Gasteiger partial charge in [-0.05, 0) is 24.3 Å². The summed E-state index contributed by atoms with van der Waals surface area (Å²) in [7, 11) is 0. The number of hydrogen-bond donors (Lipinski definition) is 2. The third kappa shape index (κ3) is 3.00. The number of esters is 1. The molecule has 2 aromatic carbocycles. The van der Waals surface area contributed by atoms with Crippen LogP contribution in [0.25, 0.3) is 0 Å². The minimum atomic E-state index is -0.509. The van der Waals surface area contributed by atoms with Crippen molar-refractivity contribution in [1.82, 2.24) is 0 Å². The zero-order chi connectivity index (χ0) is 14.8. The fourth-order valence-electron chi connectivity index (χ4n) is 2.05. The minimum Gasteiger partial charge on any atom is -0.426 e. The van der Waals surface area contributed by atoms with Gasteiger partial charge in [-0.15, -0.1) is 0 Å². The van der Waals surface area contributed by atoms with Gasteiger partial charge >= 0.3 is 12.0 Å². The largest absolute Gasteiger partial charge is 0.426 e. The maximum absolute atomic E-state index is 13.0. The quantitative estimate of drug-likeness (QED) is 0.659. The molecule has 0 aromatic heterocycles. The molecule has 2 N–H and O–H groups in total. The Labute approximate surface area is 119 Å². The van der Waals surface area contributed by atoms with Crippen LogP contribution in [0.15, 0.2) is 42.5 Å². The van der Waals surface area contributed by atoms with Gasteiger partial charge in [-0.1, -0.05) is 12.1 Å². The Hall–Kier alpha value is -2.89. The van der Waals surface area contributed by atoms with Crippen molar-refractivity contribution < 1.29 is 18.7 Å². The number of nitrogens with one attached hydrogen (secondary N) is 2. The van der Waals surface area contributed by atoms with Crippen LogP contribution in [0.5, 0.6) is 5.75 Å². The van der Waals surface area contributed by atoms with Gasteiger partial charge in [0.15, 0.2) is 0 Å². The molecule has 2 aromatic rings. The van der Waals surface area contributed by atoms with E-state index in [9.17, 15) is 14.0 Å². The Kier molecular flexibility index (Phi) is 3.27.